The van der Waals surface area contributed by atoms with Gasteiger partial charge >= 0.3 is 0 Å². The zero-order valence-electron chi connectivity index (χ0n) is 16.3. The first-order chi connectivity index (χ1) is 13.4. The molecule has 0 saturated heterocycles. The Labute approximate surface area is 168 Å². The van der Waals surface area contributed by atoms with Gasteiger partial charge in [0.15, 0.2) is 5.13 Å². The van der Waals surface area contributed by atoms with Gasteiger partial charge in [0.2, 0.25) is 0 Å². The summed E-state index contributed by atoms with van der Waals surface area (Å²) in [4.78, 5) is 21.8. The van der Waals surface area contributed by atoms with E-state index in [1.54, 1.807) is 0 Å². The first kappa shape index (κ1) is 18.3. The summed E-state index contributed by atoms with van der Waals surface area (Å²) >= 11 is 1.44. The second-order valence-corrected chi connectivity index (χ2v) is 7.98. The smallest absolute Gasteiger partial charge is 0.257 e. The van der Waals surface area contributed by atoms with Crippen LogP contribution in [0, 0.1) is 27.7 Å². The number of anilines is 1. The number of nitrogens with one attached hydrogen (secondary N) is 1. The Kier molecular flexibility index (Phi) is 4.69. The van der Waals surface area contributed by atoms with Crippen molar-refractivity contribution in [3.63, 3.8) is 0 Å². The second kappa shape index (κ2) is 7.17. The number of pyridine rings is 1. The van der Waals surface area contributed by atoms with Gasteiger partial charge in [-0.15, -0.1) is 11.3 Å². The molecule has 1 N–H and O–H groups in total. The molecule has 140 valence electrons. The van der Waals surface area contributed by atoms with Crippen molar-refractivity contribution in [2.75, 3.05) is 5.32 Å². The average Bonchev–Trinajstić information content (AvgIpc) is 3.08. The molecule has 2 aromatic heterocycles. The molecule has 2 heterocycles. The van der Waals surface area contributed by atoms with E-state index in [1.807, 2.05) is 42.6 Å². The van der Waals surface area contributed by atoms with E-state index >= 15 is 0 Å². The lowest BCUT2D eigenvalue weighted by atomic mass is 9.98. The summed E-state index contributed by atoms with van der Waals surface area (Å²) in [7, 11) is 0. The molecule has 0 atom stereocenters. The number of aryl methyl sites for hydroxylation is 4. The summed E-state index contributed by atoms with van der Waals surface area (Å²) in [6.07, 6.45) is 0. The summed E-state index contributed by atoms with van der Waals surface area (Å²) in [6, 6.07) is 13.8. The lowest BCUT2D eigenvalue weighted by molar-refractivity contribution is 0.102. The molecule has 0 fully saturated rings. The highest BCUT2D eigenvalue weighted by Gasteiger charge is 2.13. The molecule has 0 bridgehead atoms. The largest absolute Gasteiger partial charge is 0.298 e. The monoisotopic (exact) mass is 387 g/mol. The number of amides is 1. The van der Waals surface area contributed by atoms with Crippen LogP contribution in [0.5, 0.6) is 0 Å². The first-order valence-electron chi connectivity index (χ1n) is 9.13. The zero-order valence-corrected chi connectivity index (χ0v) is 17.1. The van der Waals surface area contributed by atoms with Crippen LogP contribution in [0.15, 0.2) is 47.8 Å². The third kappa shape index (κ3) is 3.53. The summed E-state index contributed by atoms with van der Waals surface area (Å²) in [5, 5.41) is 6.52. The number of aromatic nitrogens is 2. The van der Waals surface area contributed by atoms with Crippen LogP contribution in [0.2, 0.25) is 0 Å². The van der Waals surface area contributed by atoms with Crippen LogP contribution in [0.4, 0.5) is 5.13 Å². The van der Waals surface area contributed by atoms with Crippen LogP contribution in [0.1, 0.15) is 32.7 Å². The van der Waals surface area contributed by atoms with Gasteiger partial charge in [0, 0.05) is 27.6 Å². The highest BCUT2D eigenvalue weighted by atomic mass is 32.1. The third-order valence-electron chi connectivity index (χ3n) is 4.75. The quantitative estimate of drug-likeness (QED) is 0.480. The molecule has 0 aliphatic carbocycles. The van der Waals surface area contributed by atoms with Gasteiger partial charge in [0.1, 0.15) is 0 Å². The standard InChI is InChI=1S/C23H21N3OS/c1-13-9-14(2)21(15(3)10-13)20-12-28-23(25-20)26-22(27)18-8-7-17-6-5-16(4)24-19(17)11-18/h5-12H,1-4H3,(H,25,26,27). The van der Waals surface area contributed by atoms with Crippen LogP contribution in [-0.2, 0) is 0 Å². The van der Waals surface area contributed by atoms with E-state index in [0.29, 0.717) is 10.7 Å². The topological polar surface area (TPSA) is 54.9 Å². The van der Waals surface area contributed by atoms with Crippen molar-refractivity contribution in [2.45, 2.75) is 27.7 Å². The molecule has 4 nitrogen and oxygen atoms in total. The van der Waals surface area contributed by atoms with Gasteiger partial charge in [-0.05, 0) is 57.0 Å². The van der Waals surface area contributed by atoms with E-state index in [2.05, 4.69) is 48.2 Å². The summed E-state index contributed by atoms with van der Waals surface area (Å²) < 4.78 is 0. The first-order valence-corrected chi connectivity index (χ1v) is 10.0. The van der Waals surface area contributed by atoms with Crippen molar-refractivity contribution in [1.82, 2.24) is 9.97 Å². The van der Waals surface area contributed by atoms with Crippen molar-refractivity contribution in [2.24, 2.45) is 0 Å². The predicted octanol–water partition coefficient (Wildman–Crippen LogP) is 5.84. The Morgan fingerprint density at radius 2 is 1.64 bits per heavy atom. The number of nitrogens with zero attached hydrogens (tertiary/aromatic N) is 2. The van der Waals surface area contributed by atoms with Crippen LogP contribution in [0.3, 0.4) is 0 Å². The van der Waals surface area contributed by atoms with E-state index in [0.717, 1.165) is 27.9 Å². The Morgan fingerprint density at radius 1 is 0.929 bits per heavy atom. The fraction of sp³-hybridized carbons (Fsp3) is 0.174. The molecule has 0 radical (unpaired) electrons. The van der Waals surface area contributed by atoms with Gasteiger partial charge < -0.3 is 0 Å². The molecule has 4 rings (SSSR count). The van der Waals surface area contributed by atoms with Crippen LogP contribution >= 0.6 is 11.3 Å². The number of rotatable bonds is 3. The van der Waals surface area contributed by atoms with Gasteiger partial charge in [-0.3, -0.25) is 15.1 Å². The Hall–Kier alpha value is -3.05. The lowest BCUT2D eigenvalue weighted by Crippen LogP contribution is -2.11. The van der Waals surface area contributed by atoms with E-state index in [4.69, 9.17) is 0 Å². The van der Waals surface area contributed by atoms with Crippen LogP contribution < -0.4 is 5.32 Å². The summed E-state index contributed by atoms with van der Waals surface area (Å²) in [5.41, 5.74) is 7.97. The fourth-order valence-corrected chi connectivity index (χ4v) is 4.26. The van der Waals surface area contributed by atoms with Gasteiger partial charge in [0.25, 0.3) is 5.91 Å². The highest BCUT2D eigenvalue weighted by molar-refractivity contribution is 7.14. The van der Waals surface area contributed by atoms with Crippen molar-refractivity contribution >= 4 is 33.3 Å². The van der Waals surface area contributed by atoms with E-state index < -0.39 is 0 Å². The van der Waals surface area contributed by atoms with Crippen molar-refractivity contribution in [3.8, 4) is 11.3 Å². The highest BCUT2D eigenvalue weighted by Crippen LogP contribution is 2.31. The molecule has 4 aromatic rings. The third-order valence-corrected chi connectivity index (χ3v) is 5.51. The Morgan fingerprint density at radius 3 is 2.39 bits per heavy atom. The molecule has 0 aliphatic rings. The van der Waals surface area contributed by atoms with Crippen molar-refractivity contribution in [3.05, 3.63) is 75.8 Å². The van der Waals surface area contributed by atoms with Crippen LogP contribution in [-0.4, -0.2) is 15.9 Å². The molecule has 1 amide bonds. The number of carbonyl (C=O) groups is 1. The molecular weight excluding hydrogens is 366 g/mol. The van der Waals surface area contributed by atoms with Gasteiger partial charge in [-0.1, -0.05) is 29.8 Å². The van der Waals surface area contributed by atoms with E-state index in [-0.39, 0.29) is 5.91 Å². The Balaban J connectivity index is 1.60. The van der Waals surface area contributed by atoms with Crippen molar-refractivity contribution in [1.29, 1.82) is 0 Å². The molecule has 2 aromatic carbocycles. The van der Waals surface area contributed by atoms with E-state index in [9.17, 15) is 4.79 Å². The minimum atomic E-state index is -0.177. The van der Waals surface area contributed by atoms with Crippen LogP contribution in [0.25, 0.3) is 22.2 Å². The number of thiazole rings is 1. The molecule has 0 saturated carbocycles. The number of benzene rings is 2. The van der Waals surface area contributed by atoms with Gasteiger partial charge in [-0.25, -0.2) is 4.98 Å². The molecular formula is C23H21N3OS. The summed E-state index contributed by atoms with van der Waals surface area (Å²) in [5.74, 6) is -0.177. The van der Waals surface area contributed by atoms with Gasteiger partial charge in [-0.2, -0.15) is 0 Å². The number of hydrogen-bond acceptors (Lipinski definition) is 4. The molecule has 0 spiro atoms. The lowest BCUT2D eigenvalue weighted by Gasteiger charge is -2.08. The number of hydrogen-bond donors (Lipinski definition) is 1. The maximum absolute atomic E-state index is 12.7. The molecule has 28 heavy (non-hydrogen) atoms. The SMILES string of the molecule is Cc1cc(C)c(-c2csc(NC(=O)c3ccc4ccc(C)nc4c3)n2)c(C)c1. The molecule has 5 heteroatoms. The molecule has 0 unspecified atom stereocenters. The maximum Gasteiger partial charge on any atom is 0.257 e. The maximum atomic E-state index is 12.7. The van der Waals surface area contributed by atoms with Crippen molar-refractivity contribution < 1.29 is 4.79 Å². The zero-order chi connectivity index (χ0) is 19.8. The van der Waals surface area contributed by atoms with E-state index in [1.165, 1.54) is 28.0 Å². The minimum Gasteiger partial charge on any atom is -0.298 e. The molecule has 0 aliphatic heterocycles. The summed E-state index contributed by atoms with van der Waals surface area (Å²) in [6.45, 7) is 8.22. The average molecular weight is 388 g/mol. The second-order valence-electron chi connectivity index (χ2n) is 7.13. The number of fused-ring (bicyclic) bond motifs is 1. The van der Waals surface area contributed by atoms with Gasteiger partial charge in [0.05, 0.1) is 11.2 Å². The fourth-order valence-electron chi connectivity index (χ4n) is 3.56. The minimum absolute atomic E-state index is 0.177. The number of carbonyl (C=O) groups excluding carboxylic acids is 1. The normalized spacial score (nSPS) is 11.0. The predicted molar refractivity (Wildman–Crippen MR) is 116 cm³/mol. The Bertz CT molecular complexity index is 1190.